The Bertz CT molecular complexity index is 523. The van der Waals surface area contributed by atoms with Gasteiger partial charge in [0, 0.05) is 21.5 Å². The molecule has 0 fully saturated rings. The minimum Gasteiger partial charge on any atom is -0.310 e. The SMILES string of the molecule is CCNC(Cc1ccc(I)cc1)c1cccnc1C. The highest BCUT2D eigenvalue weighted by Gasteiger charge is 2.13. The first-order valence-corrected chi connectivity index (χ1v) is 7.68. The molecule has 1 heterocycles. The van der Waals surface area contributed by atoms with Crippen LogP contribution in [0.25, 0.3) is 0 Å². The second-order valence-corrected chi connectivity index (χ2v) is 5.86. The van der Waals surface area contributed by atoms with Gasteiger partial charge in [0.05, 0.1) is 0 Å². The number of pyridine rings is 1. The molecule has 100 valence electrons. The van der Waals surface area contributed by atoms with E-state index in [1.165, 1.54) is 14.7 Å². The summed E-state index contributed by atoms with van der Waals surface area (Å²) in [5, 5.41) is 3.56. The predicted molar refractivity (Wildman–Crippen MR) is 88.3 cm³/mol. The zero-order chi connectivity index (χ0) is 13.7. The Kier molecular flexibility index (Phi) is 5.34. The average molecular weight is 366 g/mol. The number of halogens is 1. The maximum atomic E-state index is 4.40. The van der Waals surface area contributed by atoms with Crippen LogP contribution in [0.5, 0.6) is 0 Å². The maximum absolute atomic E-state index is 4.40. The quantitative estimate of drug-likeness (QED) is 0.813. The molecule has 0 bridgehead atoms. The summed E-state index contributed by atoms with van der Waals surface area (Å²) in [6.45, 7) is 5.18. The average Bonchev–Trinajstić information content (AvgIpc) is 2.41. The minimum atomic E-state index is 0.332. The van der Waals surface area contributed by atoms with Crippen LogP contribution in [0.3, 0.4) is 0 Å². The van der Waals surface area contributed by atoms with Crippen LogP contribution < -0.4 is 5.32 Å². The molecule has 0 aliphatic heterocycles. The predicted octanol–water partition coefficient (Wildman–Crippen LogP) is 3.89. The Morgan fingerprint density at radius 3 is 2.58 bits per heavy atom. The highest BCUT2D eigenvalue weighted by molar-refractivity contribution is 14.1. The molecule has 0 spiro atoms. The first-order valence-electron chi connectivity index (χ1n) is 6.60. The number of aromatic nitrogens is 1. The molecule has 0 saturated heterocycles. The molecule has 1 unspecified atom stereocenters. The van der Waals surface area contributed by atoms with E-state index in [1.807, 2.05) is 12.3 Å². The van der Waals surface area contributed by atoms with Crippen molar-refractivity contribution in [3.63, 3.8) is 0 Å². The number of hydrogen-bond donors (Lipinski definition) is 1. The fourth-order valence-corrected chi connectivity index (χ4v) is 2.62. The first kappa shape index (κ1) is 14.5. The summed E-state index contributed by atoms with van der Waals surface area (Å²) in [7, 11) is 0. The third-order valence-corrected chi connectivity index (χ3v) is 3.95. The zero-order valence-corrected chi connectivity index (χ0v) is 13.5. The number of rotatable bonds is 5. The van der Waals surface area contributed by atoms with Gasteiger partial charge in [0.15, 0.2) is 0 Å². The third-order valence-electron chi connectivity index (χ3n) is 3.23. The van der Waals surface area contributed by atoms with Gasteiger partial charge in [-0.25, -0.2) is 0 Å². The molecule has 2 rings (SSSR count). The minimum absolute atomic E-state index is 0.332. The summed E-state index contributed by atoms with van der Waals surface area (Å²) in [6, 6.07) is 13.3. The van der Waals surface area contributed by atoms with Crippen LogP contribution in [-0.4, -0.2) is 11.5 Å². The highest BCUT2D eigenvalue weighted by atomic mass is 127. The summed E-state index contributed by atoms with van der Waals surface area (Å²) in [5.41, 5.74) is 3.76. The fourth-order valence-electron chi connectivity index (χ4n) is 2.26. The zero-order valence-electron chi connectivity index (χ0n) is 11.4. The summed E-state index contributed by atoms with van der Waals surface area (Å²) in [4.78, 5) is 4.40. The van der Waals surface area contributed by atoms with Gasteiger partial charge < -0.3 is 5.32 Å². The summed E-state index contributed by atoms with van der Waals surface area (Å²) < 4.78 is 1.28. The molecule has 1 atom stereocenters. The van der Waals surface area contributed by atoms with E-state index in [4.69, 9.17) is 0 Å². The number of aryl methyl sites for hydroxylation is 1. The first-order chi connectivity index (χ1) is 9.20. The van der Waals surface area contributed by atoms with E-state index < -0.39 is 0 Å². The lowest BCUT2D eigenvalue weighted by molar-refractivity contribution is 0.545. The van der Waals surface area contributed by atoms with Crippen molar-refractivity contribution in [3.8, 4) is 0 Å². The van der Waals surface area contributed by atoms with Gasteiger partial charge in [0.2, 0.25) is 0 Å². The van der Waals surface area contributed by atoms with Crippen molar-refractivity contribution in [3.05, 3.63) is 63.0 Å². The summed E-state index contributed by atoms with van der Waals surface area (Å²) in [6.07, 6.45) is 2.85. The van der Waals surface area contributed by atoms with Crippen molar-refractivity contribution in [1.29, 1.82) is 0 Å². The van der Waals surface area contributed by atoms with Gasteiger partial charge >= 0.3 is 0 Å². The van der Waals surface area contributed by atoms with Gasteiger partial charge in [-0.1, -0.05) is 25.1 Å². The molecule has 0 saturated carbocycles. The molecule has 1 aromatic carbocycles. The van der Waals surface area contributed by atoms with E-state index in [2.05, 4.69) is 77.1 Å². The Labute approximate surface area is 128 Å². The van der Waals surface area contributed by atoms with E-state index in [0.29, 0.717) is 6.04 Å². The van der Waals surface area contributed by atoms with Gasteiger partial charge in [-0.3, -0.25) is 4.98 Å². The van der Waals surface area contributed by atoms with Crippen molar-refractivity contribution >= 4 is 22.6 Å². The van der Waals surface area contributed by atoms with Crippen molar-refractivity contribution in [1.82, 2.24) is 10.3 Å². The second-order valence-electron chi connectivity index (χ2n) is 4.62. The molecule has 0 radical (unpaired) electrons. The van der Waals surface area contributed by atoms with Crippen molar-refractivity contribution in [2.75, 3.05) is 6.54 Å². The van der Waals surface area contributed by atoms with Crippen LogP contribution in [0, 0.1) is 10.5 Å². The summed E-state index contributed by atoms with van der Waals surface area (Å²) in [5.74, 6) is 0. The van der Waals surface area contributed by atoms with Crippen molar-refractivity contribution < 1.29 is 0 Å². The van der Waals surface area contributed by atoms with Crippen LogP contribution in [0.2, 0.25) is 0 Å². The van der Waals surface area contributed by atoms with E-state index >= 15 is 0 Å². The fraction of sp³-hybridized carbons (Fsp3) is 0.312. The molecule has 19 heavy (non-hydrogen) atoms. The van der Waals surface area contributed by atoms with Crippen LogP contribution in [0.4, 0.5) is 0 Å². The standard InChI is InChI=1S/C16H19IN2/c1-3-18-16(15-5-4-10-19-12(15)2)11-13-6-8-14(17)9-7-13/h4-10,16,18H,3,11H2,1-2H3. The monoisotopic (exact) mass is 366 g/mol. The lowest BCUT2D eigenvalue weighted by atomic mass is 9.98. The molecule has 0 aliphatic rings. The van der Waals surface area contributed by atoms with E-state index in [1.54, 1.807) is 0 Å². The van der Waals surface area contributed by atoms with Crippen LogP contribution >= 0.6 is 22.6 Å². The van der Waals surface area contributed by atoms with Gasteiger partial charge in [-0.05, 0) is 71.8 Å². The third kappa shape index (κ3) is 4.01. The summed E-state index contributed by atoms with van der Waals surface area (Å²) >= 11 is 2.34. The number of benzene rings is 1. The number of hydrogen-bond acceptors (Lipinski definition) is 2. The number of nitrogens with one attached hydrogen (secondary N) is 1. The van der Waals surface area contributed by atoms with Gasteiger partial charge in [-0.2, -0.15) is 0 Å². The molecule has 2 nitrogen and oxygen atoms in total. The second kappa shape index (κ2) is 7.01. The molecule has 3 heteroatoms. The highest BCUT2D eigenvalue weighted by Crippen LogP contribution is 2.21. The molecular formula is C16H19IN2. The van der Waals surface area contributed by atoms with E-state index in [9.17, 15) is 0 Å². The molecule has 0 amide bonds. The molecule has 1 N–H and O–H groups in total. The lowest BCUT2D eigenvalue weighted by Crippen LogP contribution is -2.24. The van der Waals surface area contributed by atoms with Gasteiger partial charge in [-0.15, -0.1) is 0 Å². The van der Waals surface area contributed by atoms with E-state index in [0.717, 1.165) is 18.7 Å². The Morgan fingerprint density at radius 2 is 1.95 bits per heavy atom. The molecule has 2 aromatic rings. The number of likely N-dealkylation sites (N-methyl/N-ethyl adjacent to an activating group) is 1. The number of nitrogens with zero attached hydrogens (tertiary/aromatic N) is 1. The largest absolute Gasteiger partial charge is 0.310 e. The maximum Gasteiger partial charge on any atom is 0.0420 e. The molecular weight excluding hydrogens is 347 g/mol. The normalized spacial score (nSPS) is 12.4. The smallest absolute Gasteiger partial charge is 0.0420 e. The van der Waals surface area contributed by atoms with Gasteiger partial charge in [0.25, 0.3) is 0 Å². The van der Waals surface area contributed by atoms with Crippen LogP contribution in [-0.2, 0) is 6.42 Å². The van der Waals surface area contributed by atoms with Crippen LogP contribution in [0.15, 0.2) is 42.6 Å². The van der Waals surface area contributed by atoms with Crippen molar-refractivity contribution in [2.45, 2.75) is 26.3 Å². The molecule has 1 aromatic heterocycles. The molecule has 0 aliphatic carbocycles. The Balaban J connectivity index is 2.21. The van der Waals surface area contributed by atoms with Crippen molar-refractivity contribution in [2.24, 2.45) is 0 Å². The topological polar surface area (TPSA) is 24.9 Å². The van der Waals surface area contributed by atoms with Crippen LogP contribution in [0.1, 0.15) is 29.8 Å². The Hall–Kier alpha value is -0.940. The van der Waals surface area contributed by atoms with Gasteiger partial charge in [0.1, 0.15) is 0 Å². The van der Waals surface area contributed by atoms with E-state index in [-0.39, 0.29) is 0 Å². The Morgan fingerprint density at radius 1 is 1.21 bits per heavy atom. The lowest BCUT2D eigenvalue weighted by Gasteiger charge is -2.20.